The summed E-state index contributed by atoms with van der Waals surface area (Å²) in [4.78, 5) is 2.38. The van der Waals surface area contributed by atoms with Crippen LogP contribution in [0.3, 0.4) is 0 Å². The van der Waals surface area contributed by atoms with Crippen molar-refractivity contribution in [2.24, 2.45) is 0 Å². The number of hydrogen-bond donors (Lipinski definition) is 1. The van der Waals surface area contributed by atoms with Gasteiger partial charge in [-0.25, -0.2) is 0 Å². The first-order valence-corrected chi connectivity index (χ1v) is 6.24. The molecular formula is C14H20N2. The number of benzene rings is 1. The van der Waals surface area contributed by atoms with E-state index in [1.807, 2.05) is 0 Å². The molecule has 2 atom stereocenters. The van der Waals surface area contributed by atoms with E-state index in [4.69, 9.17) is 5.73 Å². The monoisotopic (exact) mass is 216 g/mol. The molecule has 2 N–H and O–H groups in total. The molecular weight excluding hydrogens is 196 g/mol. The van der Waals surface area contributed by atoms with Crippen LogP contribution < -0.4 is 5.73 Å². The van der Waals surface area contributed by atoms with Crippen LogP contribution >= 0.6 is 0 Å². The van der Waals surface area contributed by atoms with Crippen molar-refractivity contribution in [3.8, 4) is 0 Å². The van der Waals surface area contributed by atoms with Gasteiger partial charge in [0.2, 0.25) is 0 Å². The number of nitrogens with two attached hydrogens (primary N) is 1. The lowest BCUT2D eigenvalue weighted by Crippen LogP contribution is -2.32. The van der Waals surface area contributed by atoms with Crippen molar-refractivity contribution < 1.29 is 0 Å². The summed E-state index contributed by atoms with van der Waals surface area (Å²) in [5.41, 5.74) is 11.6. The minimum atomic E-state index is 0.691. The summed E-state index contributed by atoms with van der Waals surface area (Å²) in [6, 6.07) is 5.08. The van der Waals surface area contributed by atoms with Gasteiger partial charge in [-0.05, 0) is 68.6 Å². The topological polar surface area (TPSA) is 29.3 Å². The minimum absolute atomic E-state index is 0.691. The van der Waals surface area contributed by atoms with E-state index in [-0.39, 0.29) is 0 Å². The Labute approximate surface area is 97.4 Å². The lowest BCUT2D eigenvalue weighted by Gasteiger charge is -2.30. The largest absolute Gasteiger partial charge is 0.399 e. The van der Waals surface area contributed by atoms with Crippen LogP contribution in [0.15, 0.2) is 12.1 Å². The lowest BCUT2D eigenvalue weighted by atomic mass is 9.82. The van der Waals surface area contributed by atoms with Gasteiger partial charge in [0.05, 0.1) is 0 Å². The smallest absolute Gasteiger partial charge is 0.0319 e. The molecule has 0 fully saturated rings. The zero-order valence-corrected chi connectivity index (χ0v) is 10.2. The fourth-order valence-corrected chi connectivity index (χ4v) is 3.61. The molecule has 2 nitrogen and oxygen atoms in total. The SMILES string of the molecule is CN(C)C1Cc2cc(N)cc3c2C1CCC3. The predicted molar refractivity (Wildman–Crippen MR) is 67.7 cm³/mol. The van der Waals surface area contributed by atoms with Crippen molar-refractivity contribution >= 4 is 5.69 Å². The summed E-state index contributed by atoms with van der Waals surface area (Å²) in [6.07, 6.45) is 5.09. The molecule has 0 saturated heterocycles. The third-order valence-electron chi connectivity index (χ3n) is 4.26. The van der Waals surface area contributed by atoms with Crippen molar-refractivity contribution in [1.29, 1.82) is 0 Å². The quantitative estimate of drug-likeness (QED) is 0.729. The van der Waals surface area contributed by atoms with Gasteiger partial charge >= 0.3 is 0 Å². The molecule has 0 heterocycles. The summed E-state index contributed by atoms with van der Waals surface area (Å²) in [7, 11) is 4.41. The number of nitrogen functional groups attached to an aromatic ring is 1. The average molecular weight is 216 g/mol. The molecule has 0 saturated carbocycles. The van der Waals surface area contributed by atoms with Gasteiger partial charge in [0.15, 0.2) is 0 Å². The maximum atomic E-state index is 5.98. The van der Waals surface area contributed by atoms with Gasteiger partial charge in [0, 0.05) is 17.6 Å². The first kappa shape index (κ1) is 10.2. The van der Waals surface area contributed by atoms with Crippen LogP contribution in [0, 0.1) is 0 Å². The first-order valence-electron chi connectivity index (χ1n) is 6.24. The van der Waals surface area contributed by atoms with Crippen LogP contribution in [0.25, 0.3) is 0 Å². The second-order valence-corrected chi connectivity index (χ2v) is 5.49. The van der Waals surface area contributed by atoms with Gasteiger partial charge in [-0.2, -0.15) is 0 Å². The second-order valence-electron chi connectivity index (χ2n) is 5.49. The van der Waals surface area contributed by atoms with E-state index in [2.05, 4.69) is 31.1 Å². The number of nitrogens with zero attached hydrogens (tertiary/aromatic N) is 1. The highest BCUT2D eigenvalue weighted by Gasteiger charge is 2.37. The highest BCUT2D eigenvalue weighted by atomic mass is 15.1. The van der Waals surface area contributed by atoms with Crippen LogP contribution in [0.2, 0.25) is 0 Å². The molecule has 0 aromatic heterocycles. The fourth-order valence-electron chi connectivity index (χ4n) is 3.61. The second kappa shape index (κ2) is 3.49. The first-order chi connectivity index (χ1) is 7.66. The van der Waals surface area contributed by atoms with Gasteiger partial charge < -0.3 is 10.6 Å². The third kappa shape index (κ3) is 1.36. The van der Waals surface area contributed by atoms with Crippen molar-refractivity contribution in [2.75, 3.05) is 19.8 Å². The van der Waals surface area contributed by atoms with Gasteiger partial charge in [-0.15, -0.1) is 0 Å². The molecule has 2 heteroatoms. The summed E-state index contributed by atoms with van der Waals surface area (Å²) >= 11 is 0. The van der Waals surface area contributed by atoms with E-state index < -0.39 is 0 Å². The Hall–Kier alpha value is -1.02. The molecule has 0 amide bonds. The summed E-state index contributed by atoms with van der Waals surface area (Å²) in [5, 5.41) is 0. The van der Waals surface area contributed by atoms with Crippen molar-refractivity contribution in [3.63, 3.8) is 0 Å². The van der Waals surface area contributed by atoms with Crippen molar-refractivity contribution in [1.82, 2.24) is 4.90 Å². The summed E-state index contributed by atoms with van der Waals surface area (Å²) < 4.78 is 0. The van der Waals surface area contributed by atoms with E-state index in [1.165, 1.54) is 36.8 Å². The Kier molecular flexibility index (Phi) is 2.21. The molecule has 1 aromatic rings. The molecule has 2 unspecified atom stereocenters. The maximum Gasteiger partial charge on any atom is 0.0319 e. The van der Waals surface area contributed by atoms with Crippen LogP contribution in [0.1, 0.15) is 35.4 Å². The minimum Gasteiger partial charge on any atom is -0.399 e. The Morgan fingerprint density at radius 2 is 2.00 bits per heavy atom. The highest BCUT2D eigenvalue weighted by Crippen LogP contribution is 2.44. The standard InChI is InChI=1S/C14H20N2/c1-16(2)13-8-10-7-11(15)6-9-4-3-5-12(13)14(9)10/h6-7,12-13H,3-5,8,15H2,1-2H3. The van der Waals surface area contributed by atoms with E-state index >= 15 is 0 Å². The summed E-state index contributed by atoms with van der Waals surface area (Å²) in [5.74, 6) is 0.759. The molecule has 0 radical (unpaired) electrons. The Morgan fingerprint density at radius 3 is 2.75 bits per heavy atom. The predicted octanol–water partition coefficient (Wildman–Crippen LogP) is 2.17. The van der Waals surface area contributed by atoms with Crippen molar-refractivity contribution in [3.05, 3.63) is 28.8 Å². The van der Waals surface area contributed by atoms with E-state index in [9.17, 15) is 0 Å². The third-order valence-corrected chi connectivity index (χ3v) is 4.26. The number of hydrogen-bond acceptors (Lipinski definition) is 2. The van der Waals surface area contributed by atoms with Crippen molar-refractivity contribution in [2.45, 2.75) is 37.6 Å². The summed E-state index contributed by atoms with van der Waals surface area (Å²) in [6.45, 7) is 0. The van der Waals surface area contributed by atoms with Crippen LogP contribution in [0.4, 0.5) is 5.69 Å². The zero-order valence-electron chi connectivity index (χ0n) is 10.2. The number of likely N-dealkylation sites (N-methyl/N-ethyl adjacent to an activating group) is 1. The molecule has 16 heavy (non-hydrogen) atoms. The number of aryl methyl sites for hydroxylation is 1. The van der Waals surface area contributed by atoms with Gasteiger partial charge in [0.1, 0.15) is 0 Å². The molecule has 0 aliphatic heterocycles. The molecule has 2 aliphatic rings. The molecule has 0 spiro atoms. The normalized spacial score (nSPS) is 27.2. The lowest BCUT2D eigenvalue weighted by molar-refractivity contribution is 0.254. The Bertz CT molecular complexity index is 423. The Morgan fingerprint density at radius 1 is 1.25 bits per heavy atom. The van der Waals surface area contributed by atoms with E-state index in [0.717, 1.165) is 11.6 Å². The number of rotatable bonds is 1. The molecule has 86 valence electrons. The molecule has 1 aromatic carbocycles. The molecule has 3 rings (SSSR count). The van der Waals surface area contributed by atoms with Gasteiger partial charge in [-0.1, -0.05) is 0 Å². The van der Waals surface area contributed by atoms with Gasteiger partial charge in [-0.3, -0.25) is 0 Å². The fraction of sp³-hybridized carbons (Fsp3) is 0.571. The van der Waals surface area contributed by atoms with Crippen LogP contribution in [-0.4, -0.2) is 25.0 Å². The van der Waals surface area contributed by atoms with E-state index in [0.29, 0.717) is 6.04 Å². The Balaban J connectivity index is 2.10. The van der Waals surface area contributed by atoms with Gasteiger partial charge in [0.25, 0.3) is 0 Å². The van der Waals surface area contributed by atoms with Crippen LogP contribution in [-0.2, 0) is 12.8 Å². The number of anilines is 1. The van der Waals surface area contributed by atoms with E-state index in [1.54, 1.807) is 5.56 Å². The molecule has 2 aliphatic carbocycles. The zero-order chi connectivity index (χ0) is 11.3. The maximum absolute atomic E-state index is 5.98. The molecule has 0 bridgehead atoms. The van der Waals surface area contributed by atoms with Crippen LogP contribution in [0.5, 0.6) is 0 Å². The highest BCUT2D eigenvalue weighted by molar-refractivity contribution is 5.54. The average Bonchev–Trinajstić information content (AvgIpc) is 2.59.